The fourth-order valence-electron chi connectivity index (χ4n) is 1.80. The fourth-order valence-corrected chi connectivity index (χ4v) is 1.80. The van der Waals surface area contributed by atoms with Crippen molar-refractivity contribution in [1.82, 2.24) is 5.32 Å². The summed E-state index contributed by atoms with van der Waals surface area (Å²) >= 11 is 0. The summed E-state index contributed by atoms with van der Waals surface area (Å²) in [6.07, 6.45) is -6.72. The highest BCUT2D eigenvalue weighted by Gasteiger charge is 2.34. The molecule has 0 spiro atoms. The molecule has 21 heavy (non-hydrogen) atoms. The first kappa shape index (κ1) is 17.5. The highest BCUT2D eigenvalue weighted by atomic mass is 16.4. The first-order chi connectivity index (χ1) is 10.0. The highest BCUT2D eigenvalue weighted by Crippen LogP contribution is 2.09. The molecule has 0 aliphatic carbocycles. The molecule has 1 rings (SSSR count). The van der Waals surface area contributed by atoms with Crippen LogP contribution in [0.5, 0.6) is 0 Å². The van der Waals surface area contributed by atoms with Gasteiger partial charge in [-0.3, -0.25) is 5.32 Å². The maximum absolute atomic E-state index is 9.88. The minimum absolute atomic E-state index is 0.293. The maximum Gasteiger partial charge on any atom is 0.124 e. The Hall–Kier alpha value is -1.53. The van der Waals surface area contributed by atoms with E-state index in [2.05, 4.69) is 5.32 Å². The molecule has 0 radical (unpaired) electrons. The molecule has 0 unspecified atom stereocenters. The number of rotatable bonds is 8. The summed E-state index contributed by atoms with van der Waals surface area (Å²) in [5.74, 6) is 0. The number of hydrogen-bond acceptors (Lipinski definition) is 7. The number of hydrogen-bond donors (Lipinski definition) is 6. The van der Waals surface area contributed by atoms with Crippen molar-refractivity contribution in [2.45, 2.75) is 37.0 Å². The van der Waals surface area contributed by atoms with Gasteiger partial charge in [-0.1, -0.05) is 30.3 Å². The molecule has 1 aromatic rings. The standard InChI is InChI=1S/C14H20N2O5/c15-6-10(16-7-9-4-2-1-3-5-9)12(19)14(21)13(20)11(18)8-17/h1-5,10-14,16-21H,7-8H2/t10-,11+,12+,13+,14-/m0/s1. The summed E-state index contributed by atoms with van der Waals surface area (Å²) in [6, 6.07) is 9.80. The van der Waals surface area contributed by atoms with Crippen LogP contribution in [0.15, 0.2) is 30.3 Å². The zero-order valence-electron chi connectivity index (χ0n) is 11.4. The number of nitrogens with zero attached hydrogens (tertiary/aromatic N) is 1. The molecule has 7 heteroatoms. The van der Waals surface area contributed by atoms with Crippen molar-refractivity contribution in [3.8, 4) is 6.07 Å². The van der Waals surface area contributed by atoms with Crippen LogP contribution in [0.4, 0.5) is 0 Å². The molecule has 116 valence electrons. The van der Waals surface area contributed by atoms with E-state index in [1.807, 2.05) is 30.3 Å². The van der Waals surface area contributed by atoms with Crippen LogP contribution in [0.25, 0.3) is 0 Å². The summed E-state index contributed by atoms with van der Waals surface area (Å²) in [7, 11) is 0. The van der Waals surface area contributed by atoms with E-state index in [4.69, 9.17) is 10.4 Å². The van der Waals surface area contributed by atoms with E-state index >= 15 is 0 Å². The summed E-state index contributed by atoms with van der Waals surface area (Å²) in [4.78, 5) is 0. The molecule has 0 bridgehead atoms. The van der Waals surface area contributed by atoms with E-state index in [0.29, 0.717) is 6.54 Å². The van der Waals surface area contributed by atoms with Crippen LogP contribution in [0, 0.1) is 11.3 Å². The number of nitriles is 1. The SMILES string of the molecule is N#C[C@H](NCc1ccccc1)[C@@H](O)[C@H](O)[C@H](O)[C@H](O)CO. The third kappa shape index (κ3) is 5.06. The van der Waals surface area contributed by atoms with Gasteiger partial charge in [-0.15, -0.1) is 0 Å². The topological polar surface area (TPSA) is 137 Å². The molecule has 0 aliphatic rings. The second-order valence-corrected chi connectivity index (χ2v) is 4.69. The van der Waals surface area contributed by atoms with Gasteiger partial charge in [0, 0.05) is 6.54 Å². The van der Waals surface area contributed by atoms with Crippen molar-refractivity contribution >= 4 is 0 Å². The van der Waals surface area contributed by atoms with Crippen LogP contribution in [-0.4, -0.2) is 62.6 Å². The van der Waals surface area contributed by atoms with Gasteiger partial charge in [0.25, 0.3) is 0 Å². The molecule has 0 saturated carbocycles. The number of nitrogens with one attached hydrogen (secondary N) is 1. The molecule has 0 aliphatic heterocycles. The lowest BCUT2D eigenvalue weighted by Gasteiger charge is -2.28. The van der Waals surface area contributed by atoms with Gasteiger partial charge in [0.05, 0.1) is 12.7 Å². The van der Waals surface area contributed by atoms with E-state index in [1.54, 1.807) is 6.07 Å². The van der Waals surface area contributed by atoms with E-state index < -0.39 is 37.1 Å². The van der Waals surface area contributed by atoms with Gasteiger partial charge in [0.2, 0.25) is 0 Å². The average molecular weight is 296 g/mol. The maximum atomic E-state index is 9.88. The van der Waals surface area contributed by atoms with Crippen molar-refractivity contribution in [1.29, 1.82) is 5.26 Å². The minimum atomic E-state index is -1.76. The molecular weight excluding hydrogens is 276 g/mol. The Bertz CT molecular complexity index is 450. The molecule has 7 nitrogen and oxygen atoms in total. The van der Waals surface area contributed by atoms with Crippen LogP contribution >= 0.6 is 0 Å². The first-order valence-corrected chi connectivity index (χ1v) is 6.51. The van der Waals surface area contributed by atoms with Crippen LogP contribution < -0.4 is 5.32 Å². The summed E-state index contributed by atoms with van der Waals surface area (Å²) in [5.41, 5.74) is 0.885. The Labute approximate surface area is 122 Å². The van der Waals surface area contributed by atoms with E-state index in [0.717, 1.165) is 5.56 Å². The lowest BCUT2D eigenvalue weighted by molar-refractivity contribution is -0.118. The Morgan fingerprint density at radius 3 is 2.14 bits per heavy atom. The van der Waals surface area contributed by atoms with E-state index in [1.165, 1.54) is 0 Å². The molecule has 0 heterocycles. The van der Waals surface area contributed by atoms with Crippen LogP contribution in [0.3, 0.4) is 0 Å². The Balaban J connectivity index is 2.60. The average Bonchev–Trinajstić information content (AvgIpc) is 2.53. The predicted octanol–water partition coefficient (Wildman–Crippen LogP) is -1.90. The fraction of sp³-hybridized carbons (Fsp3) is 0.500. The van der Waals surface area contributed by atoms with Gasteiger partial charge >= 0.3 is 0 Å². The van der Waals surface area contributed by atoms with Gasteiger partial charge in [-0.05, 0) is 5.56 Å². The zero-order chi connectivity index (χ0) is 15.8. The van der Waals surface area contributed by atoms with Gasteiger partial charge in [0.15, 0.2) is 0 Å². The molecule has 0 aromatic heterocycles. The predicted molar refractivity (Wildman–Crippen MR) is 73.8 cm³/mol. The third-order valence-corrected chi connectivity index (χ3v) is 3.13. The Morgan fingerprint density at radius 2 is 1.62 bits per heavy atom. The summed E-state index contributed by atoms with van der Waals surface area (Å²) in [5, 5.41) is 58.8. The zero-order valence-corrected chi connectivity index (χ0v) is 11.4. The van der Waals surface area contributed by atoms with Crippen LogP contribution in [0.1, 0.15) is 5.56 Å². The molecule has 6 N–H and O–H groups in total. The van der Waals surface area contributed by atoms with Crippen LogP contribution in [-0.2, 0) is 6.54 Å². The van der Waals surface area contributed by atoms with Gasteiger partial charge in [-0.25, -0.2) is 0 Å². The van der Waals surface area contributed by atoms with Crippen molar-refractivity contribution in [3.05, 3.63) is 35.9 Å². The van der Waals surface area contributed by atoms with E-state index in [9.17, 15) is 20.4 Å². The van der Waals surface area contributed by atoms with Crippen LogP contribution in [0.2, 0.25) is 0 Å². The minimum Gasteiger partial charge on any atom is -0.394 e. The summed E-state index contributed by atoms with van der Waals surface area (Å²) < 4.78 is 0. The van der Waals surface area contributed by atoms with Gasteiger partial charge in [0.1, 0.15) is 30.5 Å². The second-order valence-electron chi connectivity index (χ2n) is 4.69. The van der Waals surface area contributed by atoms with Crippen molar-refractivity contribution < 1.29 is 25.5 Å². The highest BCUT2D eigenvalue weighted by molar-refractivity contribution is 5.15. The molecular formula is C14H20N2O5. The quantitative estimate of drug-likeness (QED) is 0.330. The van der Waals surface area contributed by atoms with Crippen molar-refractivity contribution in [2.24, 2.45) is 0 Å². The van der Waals surface area contributed by atoms with E-state index in [-0.39, 0.29) is 0 Å². The monoisotopic (exact) mass is 296 g/mol. The van der Waals surface area contributed by atoms with Crippen molar-refractivity contribution in [3.63, 3.8) is 0 Å². The molecule has 1 aromatic carbocycles. The molecule has 0 saturated heterocycles. The lowest BCUT2D eigenvalue weighted by Crippen LogP contribution is -2.53. The third-order valence-electron chi connectivity index (χ3n) is 3.13. The number of aliphatic hydroxyl groups is 5. The Morgan fingerprint density at radius 1 is 1.00 bits per heavy atom. The summed E-state index contributed by atoms with van der Waals surface area (Å²) in [6.45, 7) is -0.471. The number of aliphatic hydroxyl groups excluding tert-OH is 5. The molecule has 5 atom stereocenters. The second kappa shape index (κ2) is 8.69. The van der Waals surface area contributed by atoms with Crippen molar-refractivity contribution in [2.75, 3.05) is 6.61 Å². The van der Waals surface area contributed by atoms with Gasteiger partial charge < -0.3 is 25.5 Å². The van der Waals surface area contributed by atoms with Gasteiger partial charge in [-0.2, -0.15) is 5.26 Å². The normalized spacial score (nSPS) is 18.3. The lowest BCUT2D eigenvalue weighted by atomic mass is 9.98. The largest absolute Gasteiger partial charge is 0.394 e. The molecule has 0 amide bonds. The number of benzene rings is 1. The first-order valence-electron chi connectivity index (χ1n) is 6.51. The smallest absolute Gasteiger partial charge is 0.124 e. The molecule has 0 fully saturated rings. The Kier molecular flexibility index (Phi) is 7.25.